The van der Waals surface area contributed by atoms with Crippen LogP contribution in [0.3, 0.4) is 0 Å². The monoisotopic (exact) mass is 420 g/mol. The SMILES string of the molecule is OC(COc1ccc(Cl)cc1Cl)Cn1c(C2CCOCC2)nc2ccccc21. The van der Waals surface area contributed by atoms with Gasteiger partial charge in [0.05, 0.1) is 22.6 Å². The first kappa shape index (κ1) is 19.5. The van der Waals surface area contributed by atoms with Gasteiger partial charge in [0.15, 0.2) is 0 Å². The zero-order chi connectivity index (χ0) is 19.5. The Morgan fingerprint density at radius 2 is 1.96 bits per heavy atom. The quantitative estimate of drug-likeness (QED) is 0.628. The molecule has 3 aromatic rings. The number of hydrogen-bond acceptors (Lipinski definition) is 4. The molecule has 0 aliphatic carbocycles. The molecule has 0 spiro atoms. The number of benzene rings is 2. The number of nitrogens with zero attached hydrogens (tertiary/aromatic N) is 2. The fourth-order valence-electron chi connectivity index (χ4n) is 3.60. The Balaban J connectivity index is 1.52. The molecular formula is C21H22Cl2N2O3. The molecule has 0 amide bonds. The van der Waals surface area contributed by atoms with Crippen LogP contribution in [0.1, 0.15) is 24.6 Å². The second-order valence-corrected chi connectivity index (χ2v) is 7.84. The van der Waals surface area contributed by atoms with Crippen LogP contribution in [0.5, 0.6) is 5.75 Å². The van der Waals surface area contributed by atoms with E-state index in [2.05, 4.69) is 4.57 Å². The van der Waals surface area contributed by atoms with Crippen molar-refractivity contribution in [2.24, 2.45) is 0 Å². The van der Waals surface area contributed by atoms with E-state index < -0.39 is 6.10 Å². The molecule has 5 nitrogen and oxygen atoms in total. The number of hydrogen-bond donors (Lipinski definition) is 1. The summed E-state index contributed by atoms with van der Waals surface area (Å²) in [7, 11) is 0. The Labute approximate surface area is 173 Å². The third-order valence-electron chi connectivity index (χ3n) is 4.99. The molecular weight excluding hydrogens is 399 g/mol. The molecule has 1 saturated heterocycles. The summed E-state index contributed by atoms with van der Waals surface area (Å²) >= 11 is 12.1. The first-order valence-corrected chi connectivity index (χ1v) is 10.2. The summed E-state index contributed by atoms with van der Waals surface area (Å²) in [4.78, 5) is 4.85. The number of aliphatic hydroxyl groups is 1. The van der Waals surface area contributed by atoms with Crippen molar-refractivity contribution in [3.63, 3.8) is 0 Å². The van der Waals surface area contributed by atoms with Crippen molar-refractivity contribution in [2.75, 3.05) is 19.8 Å². The smallest absolute Gasteiger partial charge is 0.138 e. The van der Waals surface area contributed by atoms with Gasteiger partial charge in [-0.2, -0.15) is 0 Å². The molecule has 4 rings (SSSR count). The molecule has 1 aromatic heterocycles. The Morgan fingerprint density at radius 3 is 2.75 bits per heavy atom. The Kier molecular flexibility index (Phi) is 6.07. The van der Waals surface area contributed by atoms with E-state index >= 15 is 0 Å². The first-order chi connectivity index (χ1) is 13.6. The van der Waals surface area contributed by atoms with Crippen LogP contribution in [0.15, 0.2) is 42.5 Å². The van der Waals surface area contributed by atoms with Crippen LogP contribution in [0, 0.1) is 0 Å². The summed E-state index contributed by atoms with van der Waals surface area (Å²) in [5.41, 5.74) is 1.96. The molecule has 1 fully saturated rings. The van der Waals surface area contributed by atoms with Gasteiger partial charge in [0.2, 0.25) is 0 Å². The topological polar surface area (TPSA) is 56.5 Å². The predicted octanol–water partition coefficient (Wildman–Crippen LogP) is 4.68. The normalized spacial score (nSPS) is 16.4. The van der Waals surface area contributed by atoms with Crippen molar-refractivity contribution < 1.29 is 14.6 Å². The molecule has 0 bridgehead atoms. The molecule has 1 aliphatic heterocycles. The van der Waals surface area contributed by atoms with Gasteiger partial charge < -0.3 is 19.1 Å². The third-order valence-corrected chi connectivity index (χ3v) is 5.52. The highest BCUT2D eigenvalue weighted by Gasteiger charge is 2.24. The van der Waals surface area contributed by atoms with Gasteiger partial charge in [0, 0.05) is 24.2 Å². The van der Waals surface area contributed by atoms with Gasteiger partial charge in [-0.1, -0.05) is 35.3 Å². The summed E-state index contributed by atoms with van der Waals surface area (Å²) in [6, 6.07) is 13.1. The van der Waals surface area contributed by atoms with E-state index in [4.69, 9.17) is 37.7 Å². The minimum atomic E-state index is -0.706. The van der Waals surface area contributed by atoms with Gasteiger partial charge in [-0.25, -0.2) is 4.98 Å². The van der Waals surface area contributed by atoms with Gasteiger partial charge in [-0.3, -0.25) is 0 Å². The van der Waals surface area contributed by atoms with Crippen molar-refractivity contribution in [3.8, 4) is 5.75 Å². The van der Waals surface area contributed by atoms with Crippen molar-refractivity contribution in [1.29, 1.82) is 0 Å². The molecule has 1 atom stereocenters. The number of imidazole rings is 1. The minimum absolute atomic E-state index is 0.126. The minimum Gasteiger partial charge on any atom is -0.489 e. The zero-order valence-corrected chi connectivity index (χ0v) is 16.9. The highest BCUT2D eigenvalue weighted by molar-refractivity contribution is 6.35. The lowest BCUT2D eigenvalue weighted by atomic mass is 9.99. The van der Waals surface area contributed by atoms with Crippen molar-refractivity contribution >= 4 is 34.2 Å². The lowest BCUT2D eigenvalue weighted by Crippen LogP contribution is -2.26. The number of para-hydroxylation sites is 2. The largest absolute Gasteiger partial charge is 0.489 e. The Bertz CT molecular complexity index is 954. The summed E-state index contributed by atoms with van der Waals surface area (Å²) in [5, 5.41) is 11.6. The first-order valence-electron chi connectivity index (χ1n) is 9.40. The highest BCUT2D eigenvalue weighted by atomic mass is 35.5. The Hall–Kier alpha value is -1.79. The molecule has 0 radical (unpaired) electrons. The fraction of sp³-hybridized carbons (Fsp3) is 0.381. The van der Waals surface area contributed by atoms with Gasteiger partial charge in [0.25, 0.3) is 0 Å². The second-order valence-electron chi connectivity index (χ2n) is 7.00. The van der Waals surface area contributed by atoms with Crippen molar-refractivity contribution in [3.05, 3.63) is 58.3 Å². The fourth-order valence-corrected chi connectivity index (χ4v) is 4.06. The number of ether oxygens (including phenoxy) is 2. The molecule has 2 aromatic carbocycles. The number of aliphatic hydroxyl groups excluding tert-OH is 1. The molecule has 1 aliphatic rings. The van der Waals surface area contributed by atoms with E-state index in [0.29, 0.717) is 28.3 Å². The molecule has 28 heavy (non-hydrogen) atoms. The van der Waals surface area contributed by atoms with E-state index in [1.54, 1.807) is 18.2 Å². The van der Waals surface area contributed by atoms with E-state index in [-0.39, 0.29) is 6.61 Å². The average Bonchev–Trinajstić information content (AvgIpc) is 3.06. The van der Waals surface area contributed by atoms with E-state index in [1.807, 2.05) is 24.3 Å². The predicted molar refractivity (Wildman–Crippen MR) is 110 cm³/mol. The summed E-state index contributed by atoms with van der Waals surface area (Å²) in [6.07, 6.45) is 1.18. The number of rotatable bonds is 6. The molecule has 7 heteroatoms. The van der Waals surface area contributed by atoms with Gasteiger partial charge >= 0.3 is 0 Å². The van der Waals surface area contributed by atoms with Crippen molar-refractivity contribution in [2.45, 2.75) is 31.4 Å². The molecule has 0 saturated carbocycles. The maximum Gasteiger partial charge on any atom is 0.138 e. The van der Waals surface area contributed by atoms with Crippen LogP contribution in [-0.2, 0) is 11.3 Å². The summed E-state index contributed by atoms with van der Waals surface area (Å²) in [5.74, 6) is 1.85. The summed E-state index contributed by atoms with van der Waals surface area (Å²) < 4.78 is 13.3. The molecule has 1 unspecified atom stereocenters. The lowest BCUT2D eigenvalue weighted by Gasteiger charge is -2.23. The van der Waals surface area contributed by atoms with Gasteiger partial charge in [-0.05, 0) is 43.2 Å². The zero-order valence-electron chi connectivity index (χ0n) is 15.4. The maximum absolute atomic E-state index is 10.6. The van der Waals surface area contributed by atoms with Crippen LogP contribution in [0.4, 0.5) is 0 Å². The number of halogens is 2. The molecule has 148 valence electrons. The summed E-state index contributed by atoms with van der Waals surface area (Å²) in [6.45, 7) is 2.02. The average molecular weight is 421 g/mol. The third kappa shape index (κ3) is 4.28. The number of fused-ring (bicyclic) bond motifs is 1. The van der Waals surface area contributed by atoms with Gasteiger partial charge in [-0.15, -0.1) is 0 Å². The lowest BCUT2D eigenvalue weighted by molar-refractivity contribution is 0.0780. The second kappa shape index (κ2) is 8.70. The standard InChI is InChI=1S/C21H22Cl2N2O3/c22-15-5-6-20(17(23)11-15)28-13-16(26)12-25-19-4-2-1-3-18(19)24-21(25)14-7-9-27-10-8-14/h1-6,11,14,16,26H,7-10,12-13H2. The van der Waals surface area contributed by atoms with Crippen LogP contribution < -0.4 is 4.74 Å². The maximum atomic E-state index is 10.6. The van der Waals surface area contributed by atoms with Gasteiger partial charge in [0.1, 0.15) is 24.3 Å². The van der Waals surface area contributed by atoms with E-state index in [0.717, 1.165) is 42.9 Å². The van der Waals surface area contributed by atoms with Crippen LogP contribution in [0.2, 0.25) is 10.0 Å². The van der Waals surface area contributed by atoms with Crippen LogP contribution in [-0.4, -0.2) is 40.6 Å². The van der Waals surface area contributed by atoms with E-state index in [9.17, 15) is 5.11 Å². The van der Waals surface area contributed by atoms with E-state index in [1.165, 1.54) is 0 Å². The van der Waals surface area contributed by atoms with Crippen LogP contribution >= 0.6 is 23.2 Å². The number of aromatic nitrogens is 2. The highest BCUT2D eigenvalue weighted by Crippen LogP contribution is 2.30. The van der Waals surface area contributed by atoms with Crippen LogP contribution in [0.25, 0.3) is 11.0 Å². The Morgan fingerprint density at radius 1 is 1.18 bits per heavy atom. The molecule has 2 heterocycles. The van der Waals surface area contributed by atoms with Crippen molar-refractivity contribution in [1.82, 2.24) is 9.55 Å². The molecule has 1 N–H and O–H groups in total.